The van der Waals surface area contributed by atoms with Crippen molar-refractivity contribution in [1.82, 2.24) is 0 Å². The number of hydrogen-bond donors (Lipinski definition) is 0. The summed E-state index contributed by atoms with van der Waals surface area (Å²) in [4.78, 5) is 14.0. The summed E-state index contributed by atoms with van der Waals surface area (Å²) in [5.74, 6) is 0.723. The first-order valence-electron chi connectivity index (χ1n) is 5.89. The number of methoxy groups -OCH3 is 1. The van der Waals surface area contributed by atoms with Crippen molar-refractivity contribution in [2.75, 3.05) is 19.1 Å². The van der Waals surface area contributed by atoms with Gasteiger partial charge in [0.15, 0.2) is 0 Å². The number of benzene rings is 1. The maximum Gasteiger partial charge on any atom is 0.237 e. The Bertz CT molecular complexity index is 533. The molecule has 4 heteroatoms. The van der Waals surface area contributed by atoms with Crippen LogP contribution in [0.25, 0.3) is 0 Å². The largest absolute Gasteiger partial charge is 0.495 e. The van der Waals surface area contributed by atoms with Gasteiger partial charge in [0, 0.05) is 13.5 Å². The van der Waals surface area contributed by atoms with Crippen LogP contribution in [0.2, 0.25) is 0 Å². The Morgan fingerprint density at radius 1 is 1.50 bits per heavy atom. The monoisotopic (exact) mass is 244 g/mol. The summed E-state index contributed by atoms with van der Waals surface area (Å²) in [5, 5.41) is 8.74. The Morgan fingerprint density at radius 3 is 2.83 bits per heavy atom. The maximum atomic E-state index is 12.4. The van der Waals surface area contributed by atoms with E-state index in [0.29, 0.717) is 18.6 Å². The van der Waals surface area contributed by atoms with E-state index in [-0.39, 0.29) is 5.91 Å². The zero-order valence-corrected chi connectivity index (χ0v) is 10.9. The van der Waals surface area contributed by atoms with Crippen molar-refractivity contribution in [3.8, 4) is 11.8 Å². The first-order chi connectivity index (χ1) is 8.56. The van der Waals surface area contributed by atoms with Crippen molar-refractivity contribution in [3.05, 3.63) is 23.8 Å². The van der Waals surface area contributed by atoms with E-state index in [1.165, 1.54) is 0 Å². The van der Waals surface area contributed by atoms with E-state index in [4.69, 9.17) is 10.00 Å². The Balaban J connectivity index is 2.56. The normalized spacial score (nSPS) is 21.7. The molecule has 1 aliphatic rings. The number of nitriles is 1. The molecule has 0 spiro atoms. The minimum absolute atomic E-state index is 0.0252. The maximum absolute atomic E-state index is 12.4. The number of amides is 1. The highest BCUT2D eigenvalue weighted by Gasteiger charge is 2.46. The molecule has 0 radical (unpaired) electrons. The van der Waals surface area contributed by atoms with E-state index in [9.17, 15) is 4.79 Å². The lowest BCUT2D eigenvalue weighted by molar-refractivity contribution is -0.122. The number of carbonyl (C=O) groups excluding carboxylic acids is 1. The Hall–Kier alpha value is -2.02. The number of nitrogens with zero attached hydrogens (tertiary/aromatic N) is 2. The van der Waals surface area contributed by atoms with Crippen LogP contribution >= 0.6 is 0 Å². The standard InChI is InChI=1S/C14H16N2O2/c1-14(8-5-9-15)10-6-4-7-11(18-3)12(10)16(2)13(14)17/h4,6-7H,5,8H2,1-3H3/t14-/m0/s1. The fraction of sp³-hybridized carbons (Fsp3) is 0.429. The Labute approximate surface area is 107 Å². The van der Waals surface area contributed by atoms with Gasteiger partial charge < -0.3 is 9.64 Å². The van der Waals surface area contributed by atoms with Gasteiger partial charge in [0.1, 0.15) is 5.75 Å². The predicted octanol–water partition coefficient (Wildman–Crippen LogP) is 2.23. The molecule has 18 heavy (non-hydrogen) atoms. The molecule has 0 N–H and O–H groups in total. The fourth-order valence-corrected chi connectivity index (χ4v) is 2.61. The summed E-state index contributed by atoms with van der Waals surface area (Å²) in [6.45, 7) is 1.90. The van der Waals surface area contributed by atoms with Crippen LogP contribution in [0, 0.1) is 11.3 Å². The van der Waals surface area contributed by atoms with Gasteiger partial charge in [-0.3, -0.25) is 4.79 Å². The number of fused-ring (bicyclic) bond motifs is 1. The van der Waals surface area contributed by atoms with Crippen molar-refractivity contribution < 1.29 is 9.53 Å². The first-order valence-corrected chi connectivity index (χ1v) is 5.89. The summed E-state index contributed by atoms with van der Waals surface area (Å²) in [6.07, 6.45) is 0.902. The van der Waals surface area contributed by atoms with E-state index in [0.717, 1.165) is 11.3 Å². The van der Waals surface area contributed by atoms with Crippen LogP contribution in [-0.4, -0.2) is 20.1 Å². The second-order valence-electron chi connectivity index (χ2n) is 4.71. The number of carbonyl (C=O) groups is 1. The van der Waals surface area contributed by atoms with E-state index in [2.05, 4.69) is 6.07 Å². The van der Waals surface area contributed by atoms with Gasteiger partial charge in [-0.15, -0.1) is 0 Å². The summed E-state index contributed by atoms with van der Waals surface area (Å²) >= 11 is 0. The van der Waals surface area contributed by atoms with Gasteiger partial charge in [0.2, 0.25) is 5.91 Å². The first kappa shape index (κ1) is 12.4. The van der Waals surface area contributed by atoms with E-state index < -0.39 is 5.41 Å². The molecule has 0 aliphatic carbocycles. The summed E-state index contributed by atoms with van der Waals surface area (Å²) in [6, 6.07) is 7.78. The summed E-state index contributed by atoms with van der Waals surface area (Å²) < 4.78 is 5.31. The molecule has 1 atom stereocenters. The number of para-hydroxylation sites is 1. The highest BCUT2D eigenvalue weighted by Crippen LogP contribution is 2.47. The molecule has 0 saturated carbocycles. The van der Waals surface area contributed by atoms with Crippen molar-refractivity contribution in [2.24, 2.45) is 0 Å². The lowest BCUT2D eigenvalue weighted by atomic mass is 9.80. The topological polar surface area (TPSA) is 53.3 Å². The highest BCUT2D eigenvalue weighted by molar-refractivity contribution is 6.08. The molecule has 0 bridgehead atoms. The average molecular weight is 244 g/mol. The minimum atomic E-state index is -0.617. The predicted molar refractivity (Wildman–Crippen MR) is 68.6 cm³/mol. The molecule has 1 aliphatic heterocycles. The molecule has 1 amide bonds. The molecular weight excluding hydrogens is 228 g/mol. The molecular formula is C14H16N2O2. The lowest BCUT2D eigenvalue weighted by Crippen LogP contribution is -2.36. The average Bonchev–Trinajstić information content (AvgIpc) is 2.59. The number of hydrogen-bond acceptors (Lipinski definition) is 3. The van der Waals surface area contributed by atoms with Gasteiger partial charge in [0.25, 0.3) is 0 Å². The van der Waals surface area contributed by atoms with Crippen molar-refractivity contribution in [1.29, 1.82) is 5.26 Å². The van der Waals surface area contributed by atoms with Gasteiger partial charge >= 0.3 is 0 Å². The molecule has 1 aromatic rings. The molecule has 2 rings (SSSR count). The van der Waals surface area contributed by atoms with Crippen LogP contribution < -0.4 is 9.64 Å². The molecule has 0 fully saturated rings. The van der Waals surface area contributed by atoms with Crippen LogP contribution in [0.4, 0.5) is 5.69 Å². The third kappa shape index (κ3) is 1.55. The van der Waals surface area contributed by atoms with Gasteiger partial charge in [-0.1, -0.05) is 12.1 Å². The minimum Gasteiger partial charge on any atom is -0.495 e. The second-order valence-corrected chi connectivity index (χ2v) is 4.71. The Kier molecular flexibility index (Phi) is 3.00. The van der Waals surface area contributed by atoms with E-state index >= 15 is 0 Å². The zero-order valence-electron chi connectivity index (χ0n) is 10.9. The molecule has 0 unspecified atom stereocenters. The van der Waals surface area contributed by atoms with Crippen molar-refractivity contribution in [3.63, 3.8) is 0 Å². The third-order valence-electron chi connectivity index (χ3n) is 3.66. The summed E-state index contributed by atoms with van der Waals surface area (Å²) in [5.41, 5.74) is 1.16. The van der Waals surface area contributed by atoms with Crippen LogP contribution in [-0.2, 0) is 10.2 Å². The quantitative estimate of drug-likeness (QED) is 0.819. The smallest absolute Gasteiger partial charge is 0.237 e. The number of likely N-dealkylation sites (N-methyl/N-ethyl adjacent to an activating group) is 1. The van der Waals surface area contributed by atoms with E-state index in [1.54, 1.807) is 19.1 Å². The molecule has 1 heterocycles. The molecule has 0 saturated heterocycles. The molecule has 94 valence electrons. The fourth-order valence-electron chi connectivity index (χ4n) is 2.61. The zero-order chi connectivity index (χ0) is 13.3. The van der Waals surface area contributed by atoms with Crippen LogP contribution in [0.1, 0.15) is 25.3 Å². The van der Waals surface area contributed by atoms with Gasteiger partial charge in [-0.2, -0.15) is 5.26 Å². The number of ether oxygens (including phenoxy) is 1. The van der Waals surface area contributed by atoms with Crippen LogP contribution in [0.5, 0.6) is 5.75 Å². The Morgan fingerprint density at radius 2 is 2.22 bits per heavy atom. The van der Waals surface area contributed by atoms with Gasteiger partial charge in [-0.25, -0.2) is 0 Å². The van der Waals surface area contributed by atoms with Crippen LogP contribution in [0.3, 0.4) is 0 Å². The second kappa shape index (κ2) is 4.34. The summed E-state index contributed by atoms with van der Waals surface area (Å²) in [7, 11) is 3.35. The SMILES string of the molecule is COc1cccc2c1N(C)C(=O)[C@@]2(C)CCC#N. The number of rotatable bonds is 3. The molecule has 4 nitrogen and oxygen atoms in total. The molecule has 1 aromatic carbocycles. The molecule has 0 aromatic heterocycles. The van der Waals surface area contributed by atoms with Crippen molar-refractivity contribution in [2.45, 2.75) is 25.2 Å². The van der Waals surface area contributed by atoms with Gasteiger partial charge in [-0.05, 0) is 25.0 Å². The van der Waals surface area contributed by atoms with Crippen molar-refractivity contribution >= 4 is 11.6 Å². The third-order valence-corrected chi connectivity index (χ3v) is 3.66. The highest BCUT2D eigenvalue weighted by atomic mass is 16.5. The van der Waals surface area contributed by atoms with Gasteiger partial charge in [0.05, 0.1) is 24.3 Å². The lowest BCUT2D eigenvalue weighted by Gasteiger charge is -2.21. The van der Waals surface area contributed by atoms with E-state index in [1.807, 2.05) is 25.1 Å². The van der Waals surface area contributed by atoms with Crippen LogP contribution in [0.15, 0.2) is 18.2 Å². The number of anilines is 1.